The number of rotatable bonds is 6. The summed E-state index contributed by atoms with van der Waals surface area (Å²) < 4.78 is 31.3. The Labute approximate surface area is 219 Å². The molecule has 39 heavy (non-hydrogen) atoms. The molecule has 0 saturated heterocycles. The van der Waals surface area contributed by atoms with Crippen molar-refractivity contribution in [2.24, 2.45) is 5.92 Å². The Balaban J connectivity index is 1.15. The molecule has 3 fully saturated rings. The van der Waals surface area contributed by atoms with Crippen molar-refractivity contribution < 1.29 is 13.6 Å². The highest BCUT2D eigenvalue weighted by Crippen LogP contribution is 2.61. The molecule has 3 aliphatic carbocycles. The Morgan fingerprint density at radius 1 is 1.10 bits per heavy atom. The maximum atomic E-state index is 14.8. The fourth-order valence-electron chi connectivity index (χ4n) is 6.35. The number of nitrogens with zero attached hydrogens (tertiary/aromatic N) is 4. The molecule has 1 unspecified atom stereocenters. The Kier molecular flexibility index (Phi) is 4.38. The largest absolute Gasteiger partial charge is 0.325 e. The van der Waals surface area contributed by atoms with E-state index in [9.17, 15) is 23.2 Å². The number of aromatic amines is 2. The van der Waals surface area contributed by atoms with Gasteiger partial charge in [0.15, 0.2) is 5.65 Å². The van der Waals surface area contributed by atoms with Crippen molar-refractivity contribution in [3.05, 3.63) is 80.4 Å². The number of fused-ring (bicyclic) bond motifs is 3. The molecule has 0 radical (unpaired) electrons. The second-order valence-corrected chi connectivity index (χ2v) is 11.4. The lowest BCUT2D eigenvalue weighted by atomic mass is 9.95. The van der Waals surface area contributed by atoms with Crippen LogP contribution < -0.4 is 16.1 Å². The fraction of sp³-hybridized carbons (Fsp3) is 0.393. The van der Waals surface area contributed by atoms with E-state index in [1.165, 1.54) is 11.1 Å². The summed E-state index contributed by atoms with van der Waals surface area (Å²) in [6, 6.07) is 7.75. The first-order valence-corrected chi connectivity index (χ1v) is 13.3. The summed E-state index contributed by atoms with van der Waals surface area (Å²) >= 11 is 0. The standard InChI is InChI=1S/C28H24F2N6O3/c29-28(30,15-2-3-15)13-35-22-9-14(1-4-20(22)27(5-6-27)25(35)38)16-10-17(16)18-11-21(34-36-8-7-31-23(18)36)19-12-32-26(39)33-24(19)37/h1,4,7-9,11-12,15-17H,2-3,5-6,10,13H2,(H2,32,33,37,39)/t16-,17?/m1/s1. The lowest BCUT2D eigenvalue weighted by Gasteiger charge is -2.25. The molecule has 3 aromatic heterocycles. The van der Waals surface area contributed by atoms with Gasteiger partial charge in [-0.25, -0.2) is 23.1 Å². The average Bonchev–Trinajstić information content (AvgIpc) is 3.79. The van der Waals surface area contributed by atoms with Crippen molar-refractivity contribution in [3.63, 3.8) is 0 Å². The lowest BCUT2D eigenvalue weighted by Crippen LogP contribution is -2.42. The highest BCUT2D eigenvalue weighted by Gasteiger charge is 2.61. The summed E-state index contributed by atoms with van der Waals surface area (Å²) in [6.45, 7) is -0.557. The smallest absolute Gasteiger partial charge is 0.313 e. The van der Waals surface area contributed by atoms with Crippen LogP contribution in [0.15, 0.2) is 52.4 Å². The van der Waals surface area contributed by atoms with Crippen LogP contribution >= 0.6 is 0 Å². The van der Waals surface area contributed by atoms with Crippen LogP contribution in [-0.2, 0) is 10.2 Å². The van der Waals surface area contributed by atoms with Gasteiger partial charge in [-0.3, -0.25) is 14.6 Å². The first-order chi connectivity index (χ1) is 18.7. The Morgan fingerprint density at radius 3 is 2.67 bits per heavy atom. The summed E-state index contributed by atoms with van der Waals surface area (Å²) in [5.41, 5.74) is 2.96. The molecule has 4 aromatic rings. The number of nitrogens with one attached hydrogen (secondary N) is 2. The van der Waals surface area contributed by atoms with Crippen molar-refractivity contribution in [2.75, 3.05) is 11.4 Å². The quantitative estimate of drug-likeness (QED) is 0.396. The van der Waals surface area contributed by atoms with E-state index in [-0.39, 0.29) is 23.3 Å². The maximum absolute atomic E-state index is 14.8. The molecule has 2 N–H and O–H groups in total. The Morgan fingerprint density at radius 2 is 1.92 bits per heavy atom. The van der Waals surface area contributed by atoms with Crippen LogP contribution in [0.4, 0.5) is 14.5 Å². The second kappa shape index (κ2) is 7.49. The fourth-order valence-corrected chi connectivity index (χ4v) is 6.35. The molecule has 0 bridgehead atoms. The van der Waals surface area contributed by atoms with E-state index in [1.54, 1.807) is 16.9 Å². The number of hydrogen-bond donors (Lipinski definition) is 2. The van der Waals surface area contributed by atoms with Crippen molar-refractivity contribution in [2.45, 2.75) is 55.3 Å². The molecule has 1 aliphatic heterocycles. The number of carbonyl (C=O) groups is 1. The minimum absolute atomic E-state index is 0.0740. The second-order valence-electron chi connectivity index (χ2n) is 11.4. The summed E-state index contributed by atoms with van der Waals surface area (Å²) in [6.07, 6.45) is 7.93. The molecule has 1 aromatic carbocycles. The van der Waals surface area contributed by atoms with Gasteiger partial charge in [0.25, 0.3) is 11.5 Å². The third kappa shape index (κ3) is 3.38. The van der Waals surface area contributed by atoms with Crippen LogP contribution in [-0.4, -0.2) is 42.9 Å². The first kappa shape index (κ1) is 22.8. The number of hydrogen-bond acceptors (Lipinski definition) is 5. The topological polar surface area (TPSA) is 116 Å². The zero-order valence-corrected chi connectivity index (χ0v) is 20.8. The zero-order valence-electron chi connectivity index (χ0n) is 20.8. The highest BCUT2D eigenvalue weighted by molar-refractivity contribution is 6.10. The summed E-state index contributed by atoms with van der Waals surface area (Å²) in [5.74, 6) is -3.52. The molecule has 4 heterocycles. The van der Waals surface area contributed by atoms with Gasteiger partial charge < -0.3 is 9.88 Å². The van der Waals surface area contributed by atoms with Gasteiger partial charge in [0, 0.05) is 35.8 Å². The summed E-state index contributed by atoms with van der Waals surface area (Å²) in [5, 5.41) is 4.50. The van der Waals surface area contributed by atoms with E-state index in [4.69, 9.17) is 0 Å². The Hall–Kier alpha value is -4.15. The van der Waals surface area contributed by atoms with Crippen LogP contribution in [0.2, 0.25) is 0 Å². The van der Waals surface area contributed by atoms with E-state index >= 15 is 0 Å². The zero-order chi connectivity index (χ0) is 26.7. The van der Waals surface area contributed by atoms with Crippen LogP contribution in [0.25, 0.3) is 16.9 Å². The SMILES string of the molecule is O=C1N(CC(F)(F)C2CC2)c2cc([C@H]3CC3c3cc(-c4c[nH]c(=O)[nH]c4=O)nn4ccnc34)ccc2C12CC2. The minimum Gasteiger partial charge on any atom is -0.313 e. The average molecular weight is 531 g/mol. The summed E-state index contributed by atoms with van der Waals surface area (Å²) in [4.78, 5) is 47.8. The number of carbonyl (C=O) groups excluding carboxylic acids is 1. The predicted octanol–water partition coefficient (Wildman–Crippen LogP) is 3.47. The predicted molar refractivity (Wildman–Crippen MR) is 137 cm³/mol. The van der Waals surface area contributed by atoms with Crippen molar-refractivity contribution in [1.82, 2.24) is 24.6 Å². The van der Waals surface area contributed by atoms with Gasteiger partial charge in [0.05, 0.1) is 23.2 Å². The molecule has 4 aliphatic rings. The molecule has 2 atom stereocenters. The molecule has 1 spiro atoms. The van der Waals surface area contributed by atoms with Crippen LogP contribution in [0.1, 0.15) is 60.6 Å². The highest BCUT2D eigenvalue weighted by atomic mass is 19.3. The van der Waals surface area contributed by atoms with Gasteiger partial charge in [0.2, 0.25) is 5.91 Å². The normalized spacial score (nSPS) is 23.0. The Bertz CT molecular complexity index is 1820. The number of anilines is 1. The third-order valence-electron chi connectivity index (χ3n) is 8.88. The molecule has 11 heteroatoms. The van der Waals surface area contributed by atoms with Crippen LogP contribution in [0.3, 0.4) is 0 Å². The van der Waals surface area contributed by atoms with Gasteiger partial charge in [-0.1, -0.05) is 12.1 Å². The van der Waals surface area contributed by atoms with Crippen LogP contribution in [0.5, 0.6) is 0 Å². The number of halogens is 2. The van der Waals surface area contributed by atoms with Crippen molar-refractivity contribution >= 4 is 17.2 Å². The van der Waals surface area contributed by atoms with E-state index in [0.29, 0.717) is 42.7 Å². The molecule has 1 amide bonds. The molecule has 3 saturated carbocycles. The number of alkyl halides is 2. The maximum Gasteiger partial charge on any atom is 0.325 e. The van der Waals surface area contributed by atoms with E-state index < -0.39 is 35.0 Å². The van der Waals surface area contributed by atoms with E-state index in [1.807, 2.05) is 24.3 Å². The van der Waals surface area contributed by atoms with E-state index in [2.05, 4.69) is 20.1 Å². The molecular weight excluding hydrogens is 506 g/mol. The van der Waals surface area contributed by atoms with Gasteiger partial charge >= 0.3 is 5.69 Å². The number of amides is 1. The third-order valence-corrected chi connectivity index (χ3v) is 8.88. The number of benzene rings is 1. The molecule has 8 rings (SSSR count). The molecular formula is C28H24F2N6O3. The number of aromatic nitrogens is 5. The summed E-state index contributed by atoms with van der Waals surface area (Å²) in [7, 11) is 0. The van der Waals surface area contributed by atoms with Gasteiger partial charge in [0.1, 0.15) is 0 Å². The molecule has 9 nitrogen and oxygen atoms in total. The lowest BCUT2D eigenvalue weighted by molar-refractivity contribution is -0.121. The number of imidazole rings is 1. The molecule has 198 valence electrons. The number of H-pyrrole nitrogens is 2. The van der Waals surface area contributed by atoms with Crippen LogP contribution in [0, 0.1) is 5.92 Å². The van der Waals surface area contributed by atoms with Gasteiger partial charge in [-0.05, 0) is 67.2 Å². The van der Waals surface area contributed by atoms with Gasteiger partial charge in [-0.15, -0.1) is 0 Å². The monoisotopic (exact) mass is 530 g/mol. The van der Waals surface area contributed by atoms with E-state index in [0.717, 1.165) is 23.1 Å². The van der Waals surface area contributed by atoms with Crippen molar-refractivity contribution in [1.29, 1.82) is 0 Å². The first-order valence-electron chi connectivity index (χ1n) is 13.3. The minimum atomic E-state index is -2.88. The van der Waals surface area contributed by atoms with Crippen molar-refractivity contribution in [3.8, 4) is 11.3 Å². The van der Waals surface area contributed by atoms with Gasteiger partial charge in [-0.2, -0.15) is 5.10 Å².